The molecule has 0 aliphatic heterocycles. The molecule has 0 bridgehead atoms. The third-order valence-corrected chi connectivity index (χ3v) is 14.0. The topological polar surface area (TPSA) is 119 Å². The first kappa shape index (κ1) is 31.5. The molecule has 2 N–H and O–H groups in total. The highest BCUT2D eigenvalue weighted by atomic mass is 16.6. The number of hydrogen-bond donors (Lipinski definition) is 2. The maximum Gasteiger partial charge on any atom is 0.312 e. The van der Waals surface area contributed by atoms with Crippen molar-refractivity contribution < 1.29 is 38.8 Å². The Morgan fingerprint density at radius 2 is 1.55 bits per heavy atom. The lowest BCUT2D eigenvalue weighted by molar-refractivity contribution is -0.250. The maximum atomic E-state index is 13.5. The summed E-state index contributed by atoms with van der Waals surface area (Å²) >= 11 is 0. The molecule has 0 unspecified atom stereocenters. The molecule has 4 fully saturated rings. The maximum absolute atomic E-state index is 13.5. The minimum Gasteiger partial charge on any atom is -0.469 e. The van der Waals surface area contributed by atoms with Gasteiger partial charge in [0, 0.05) is 12.3 Å². The van der Waals surface area contributed by atoms with E-state index in [1.165, 1.54) is 26.7 Å². The number of ether oxygens (including phenoxy) is 3. The van der Waals surface area contributed by atoms with Crippen LogP contribution in [0.1, 0.15) is 99.3 Å². The zero-order chi connectivity index (χ0) is 31.1. The Morgan fingerprint density at radius 3 is 2.14 bits per heavy atom. The molecule has 8 nitrogen and oxygen atoms in total. The van der Waals surface area contributed by atoms with E-state index in [2.05, 4.69) is 26.8 Å². The quantitative estimate of drug-likeness (QED) is 0.268. The molecule has 236 valence electrons. The SMILES string of the molecule is COC(=O)[C@@]1(C)CC[C@]2(C(=O)OC)CC[C@]3(C)C(=CC[C@@H]4[C@@]5(C)C[C@H](O)[C@H](OC(C)=O)[C@@](C)(CO)[C@@H]5CC[C@]43C)[C@@H]2C1. The Hall–Kier alpha value is -1.93. The van der Waals surface area contributed by atoms with Crippen molar-refractivity contribution in [1.29, 1.82) is 0 Å². The fourth-order valence-corrected chi connectivity index (χ4v) is 11.6. The molecule has 11 atom stereocenters. The second-order valence-electron chi connectivity index (χ2n) is 15.7. The van der Waals surface area contributed by atoms with Crippen molar-refractivity contribution in [2.75, 3.05) is 20.8 Å². The third-order valence-electron chi connectivity index (χ3n) is 14.0. The highest BCUT2D eigenvalue weighted by molar-refractivity contribution is 5.81. The van der Waals surface area contributed by atoms with Gasteiger partial charge in [-0.15, -0.1) is 0 Å². The first-order valence-corrected chi connectivity index (χ1v) is 15.9. The van der Waals surface area contributed by atoms with Gasteiger partial charge in [0.25, 0.3) is 0 Å². The number of allylic oxidation sites excluding steroid dienone is 2. The zero-order valence-electron chi connectivity index (χ0n) is 26.9. The van der Waals surface area contributed by atoms with Crippen LogP contribution in [-0.4, -0.2) is 61.2 Å². The summed E-state index contributed by atoms with van der Waals surface area (Å²) in [5, 5.41) is 22.2. The van der Waals surface area contributed by atoms with Crippen LogP contribution in [0.5, 0.6) is 0 Å². The van der Waals surface area contributed by atoms with Gasteiger partial charge in [-0.25, -0.2) is 0 Å². The van der Waals surface area contributed by atoms with Gasteiger partial charge in [-0.3, -0.25) is 14.4 Å². The molecule has 5 aliphatic rings. The Morgan fingerprint density at radius 1 is 0.905 bits per heavy atom. The van der Waals surface area contributed by atoms with Crippen LogP contribution in [0.3, 0.4) is 0 Å². The van der Waals surface area contributed by atoms with E-state index in [-0.39, 0.29) is 52.5 Å². The van der Waals surface area contributed by atoms with Crippen LogP contribution in [0.2, 0.25) is 0 Å². The van der Waals surface area contributed by atoms with Crippen molar-refractivity contribution in [2.24, 2.45) is 50.2 Å². The average Bonchev–Trinajstić information content (AvgIpc) is 2.94. The van der Waals surface area contributed by atoms with Crippen molar-refractivity contribution >= 4 is 17.9 Å². The van der Waals surface area contributed by atoms with Gasteiger partial charge in [-0.1, -0.05) is 39.3 Å². The number of esters is 3. The lowest BCUT2D eigenvalue weighted by Gasteiger charge is -2.71. The van der Waals surface area contributed by atoms with Crippen LogP contribution in [-0.2, 0) is 28.6 Å². The highest BCUT2D eigenvalue weighted by Gasteiger charge is 2.71. The molecule has 5 rings (SSSR count). The van der Waals surface area contributed by atoms with Gasteiger partial charge in [0.05, 0.1) is 37.8 Å². The summed E-state index contributed by atoms with van der Waals surface area (Å²) in [6.45, 7) is 12.2. The molecule has 0 aromatic rings. The minimum absolute atomic E-state index is 0.0643. The Balaban J connectivity index is 1.59. The number of carbonyl (C=O) groups excluding carboxylic acids is 3. The highest BCUT2D eigenvalue weighted by Crippen LogP contribution is 2.76. The number of hydrogen-bond acceptors (Lipinski definition) is 8. The van der Waals surface area contributed by atoms with Crippen molar-refractivity contribution in [3.8, 4) is 0 Å². The average molecular weight is 589 g/mol. The molecular formula is C34H52O8. The Bertz CT molecular complexity index is 1180. The van der Waals surface area contributed by atoms with Crippen LogP contribution in [0.25, 0.3) is 0 Å². The summed E-state index contributed by atoms with van der Waals surface area (Å²) in [7, 11) is 2.91. The van der Waals surface area contributed by atoms with E-state index in [0.717, 1.165) is 25.7 Å². The number of fused-ring (bicyclic) bond motifs is 7. The van der Waals surface area contributed by atoms with E-state index >= 15 is 0 Å². The van der Waals surface area contributed by atoms with Crippen LogP contribution in [0, 0.1) is 50.2 Å². The van der Waals surface area contributed by atoms with Crippen LogP contribution >= 0.6 is 0 Å². The fourth-order valence-electron chi connectivity index (χ4n) is 11.6. The van der Waals surface area contributed by atoms with Gasteiger partial charge in [0.1, 0.15) is 6.10 Å². The van der Waals surface area contributed by atoms with E-state index in [9.17, 15) is 24.6 Å². The summed E-state index contributed by atoms with van der Waals surface area (Å²) in [6.07, 6.45) is 7.13. The second-order valence-corrected chi connectivity index (χ2v) is 15.7. The number of aliphatic hydroxyl groups excluding tert-OH is 2. The van der Waals surface area contributed by atoms with Crippen molar-refractivity contribution in [2.45, 2.75) is 112 Å². The predicted molar refractivity (Wildman–Crippen MR) is 156 cm³/mol. The Kier molecular flexibility index (Phi) is 7.53. The van der Waals surface area contributed by atoms with Crippen LogP contribution < -0.4 is 0 Å². The van der Waals surface area contributed by atoms with Gasteiger partial charge in [0.2, 0.25) is 0 Å². The summed E-state index contributed by atoms with van der Waals surface area (Å²) in [5.74, 6) is -0.659. The number of rotatable bonds is 4. The number of carbonyl (C=O) groups is 3. The number of methoxy groups -OCH3 is 2. The van der Waals surface area contributed by atoms with Gasteiger partial charge >= 0.3 is 17.9 Å². The molecule has 42 heavy (non-hydrogen) atoms. The van der Waals surface area contributed by atoms with Gasteiger partial charge in [-0.05, 0) is 98.7 Å². The van der Waals surface area contributed by atoms with E-state index in [1.54, 1.807) is 0 Å². The zero-order valence-corrected chi connectivity index (χ0v) is 26.9. The summed E-state index contributed by atoms with van der Waals surface area (Å²) in [6, 6.07) is 0. The molecule has 0 radical (unpaired) electrons. The van der Waals surface area contributed by atoms with Crippen molar-refractivity contribution in [3.05, 3.63) is 11.6 Å². The monoisotopic (exact) mass is 588 g/mol. The molecular weight excluding hydrogens is 536 g/mol. The van der Waals surface area contributed by atoms with E-state index in [0.29, 0.717) is 32.1 Å². The predicted octanol–water partition coefficient (Wildman–Crippen LogP) is 4.99. The second kappa shape index (κ2) is 10.0. The van der Waals surface area contributed by atoms with Gasteiger partial charge < -0.3 is 24.4 Å². The van der Waals surface area contributed by atoms with Crippen molar-refractivity contribution in [1.82, 2.24) is 0 Å². The normalized spacial score (nSPS) is 49.7. The summed E-state index contributed by atoms with van der Waals surface area (Å²) < 4.78 is 16.4. The minimum atomic E-state index is -0.870. The van der Waals surface area contributed by atoms with E-state index < -0.39 is 34.4 Å². The van der Waals surface area contributed by atoms with E-state index in [4.69, 9.17) is 14.2 Å². The molecule has 0 aromatic heterocycles. The molecule has 0 saturated heterocycles. The molecule has 0 aromatic carbocycles. The fraction of sp³-hybridized carbons (Fsp3) is 0.853. The molecule has 8 heteroatoms. The lowest BCUT2D eigenvalue weighted by atomic mass is 9.33. The van der Waals surface area contributed by atoms with Gasteiger partial charge in [0.15, 0.2) is 0 Å². The molecule has 5 aliphatic carbocycles. The van der Waals surface area contributed by atoms with Crippen LogP contribution in [0.15, 0.2) is 11.6 Å². The Labute approximate surface area is 250 Å². The number of aliphatic hydroxyl groups is 2. The van der Waals surface area contributed by atoms with Crippen molar-refractivity contribution in [3.63, 3.8) is 0 Å². The van der Waals surface area contributed by atoms with E-state index in [1.807, 2.05) is 13.8 Å². The first-order chi connectivity index (χ1) is 19.5. The smallest absolute Gasteiger partial charge is 0.312 e. The van der Waals surface area contributed by atoms with Crippen LogP contribution in [0.4, 0.5) is 0 Å². The molecule has 0 amide bonds. The largest absolute Gasteiger partial charge is 0.469 e. The summed E-state index contributed by atoms with van der Waals surface area (Å²) in [4.78, 5) is 38.6. The standard InChI is InChI=1S/C34H52O8/c1-20(36)42-26-23(37)18-30(3)24(31(26,4)19-35)11-12-33(6)25(30)10-9-21-22-17-29(2,27(38)40-7)13-15-34(22,28(39)41-8)16-14-32(21,33)5/h9,22-26,35,37H,10-19H2,1-8H3/t22-,23-,24+,25+,26-,29-,30-,31-,32+,33+,34-/m0/s1. The van der Waals surface area contributed by atoms with Gasteiger partial charge in [-0.2, -0.15) is 0 Å². The third kappa shape index (κ3) is 3.95. The lowest BCUT2D eigenvalue weighted by Crippen LogP contribution is -2.68. The molecule has 0 spiro atoms. The summed E-state index contributed by atoms with van der Waals surface area (Å²) in [5.41, 5.74) is -1.43. The molecule has 0 heterocycles. The molecule has 4 saturated carbocycles. The first-order valence-electron chi connectivity index (χ1n) is 15.9.